The van der Waals surface area contributed by atoms with Gasteiger partial charge in [-0.1, -0.05) is 68.8 Å². The van der Waals surface area contributed by atoms with Crippen LogP contribution in [-0.2, 0) is 19.1 Å². The summed E-state index contributed by atoms with van der Waals surface area (Å²) in [5.74, 6) is -0.990. The Balaban J connectivity index is 0.000000389. The number of rotatable bonds is 9. The van der Waals surface area contributed by atoms with Crippen molar-refractivity contribution >= 4 is 23.9 Å². The molecule has 0 saturated heterocycles. The molecular weight excluding hydrogens is 514 g/mol. The molecule has 220 valence electrons. The number of benzene rings is 2. The molecule has 0 bridgehead atoms. The third-order valence-electron chi connectivity index (χ3n) is 5.07. The van der Waals surface area contributed by atoms with Crippen molar-refractivity contribution in [2.75, 3.05) is 32.8 Å². The van der Waals surface area contributed by atoms with E-state index in [-0.39, 0.29) is 31.4 Å². The summed E-state index contributed by atoms with van der Waals surface area (Å²) < 4.78 is 10.3. The Hall–Kier alpha value is -3.92. The molecule has 0 saturated carbocycles. The van der Waals surface area contributed by atoms with Crippen LogP contribution in [0.15, 0.2) is 48.5 Å². The lowest BCUT2D eigenvalue weighted by Crippen LogP contribution is -2.37. The number of carbonyl (C=O) groups excluding carboxylic acids is 3. The molecule has 0 heterocycles. The van der Waals surface area contributed by atoms with E-state index < -0.39 is 23.8 Å². The van der Waals surface area contributed by atoms with Crippen molar-refractivity contribution in [2.24, 2.45) is 0 Å². The SMILES string of the molecule is CC(=O)CNC(=O)OCC1c2ccccc2-c2ccccc21.CC(C)(C)OC(=O)NCCNCC(=O)O.CCC. The highest BCUT2D eigenvalue weighted by Gasteiger charge is 2.28. The summed E-state index contributed by atoms with van der Waals surface area (Å²) in [5, 5.41) is 15.9. The summed E-state index contributed by atoms with van der Waals surface area (Å²) in [6.45, 7) is 11.9. The highest BCUT2D eigenvalue weighted by Crippen LogP contribution is 2.44. The van der Waals surface area contributed by atoms with E-state index in [4.69, 9.17) is 14.6 Å². The molecule has 0 spiro atoms. The zero-order valence-electron chi connectivity index (χ0n) is 24.3. The largest absolute Gasteiger partial charge is 0.480 e. The third-order valence-corrected chi connectivity index (χ3v) is 5.07. The maximum Gasteiger partial charge on any atom is 0.407 e. The van der Waals surface area contributed by atoms with Crippen LogP contribution in [0.1, 0.15) is 65.0 Å². The molecular formula is C30H43N3O7. The van der Waals surface area contributed by atoms with Gasteiger partial charge in [-0.15, -0.1) is 0 Å². The van der Waals surface area contributed by atoms with Crippen LogP contribution in [-0.4, -0.2) is 67.4 Å². The second-order valence-corrected chi connectivity index (χ2v) is 10.1. The van der Waals surface area contributed by atoms with E-state index in [1.807, 2.05) is 24.3 Å². The summed E-state index contributed by atoms with van der Waals surface area (Å²) in [6, 6.07) is 16.3. The fourth-order valence-electron chi connectivity index (χ4n) is 3.61. The number of nitrogens with one attached hydrogen (secondary N) is 3. The summed E-state index contributed by atoms with van der Waals surface area (Å²) in [4.78, 5) is 43.7. The van der Waals surface area contributed by atoms with Crippen LogP contribution in [0.25, 0.3) is 11.1 Å². The van der Waals surface area contributed by atoms with Crippen LogP contribution in [0.2, 0.25) is 0 Å². The lowest BCUT2D eigenvalue weighted by molar-refractivity contribution is -0.136. The number of carboxylic acids is 1. The second-order valence-electron chi connectivity index (χ2n) is 10.1. The average Bonchev–Trinajstić information content (AvgIpc) is 3.19. The predicted octanol–water partition coefficient (Wildman–Crippen LogP) is 4.72. The van der Waals surface area contributed by atoms with E-state index >= 15 is 0 Å². The smallest absolute Gasteiger partial charge is 0.407 e. The number of carboxylic acid groups (broad SMARTS) is 1. The van der Waals surface area contributed by atoms with Gasteiger partial charge in [0.05, 0.1) is 13.1 Å². The zero-order valence-corrected chi connectivity index (χ0v) is 24.3. The van der Waals surface area contributed by atoms with Gasteiger partial charge in [0.15, 0.2) is 0 Å². The average molecular weight is 558 g/mol. The number of hydrogen-bond donors (Lipinski definition) is 4. The maximum atomic E-state index is 11.6. The van der Waals surface area contributed by atoms with Gasteiger partial charge in [0.1, 0.15) is 18.0 Å². The highest BCUT2D eigenvalue weighted by atomic mass is 16.6. The fraction of sp³-hybridized carbons (Fsp3) is 0.467. The normalized spacial score (nSPS) is 11.3. The van der Waals surface area contributed by atoms with Gasteiger partial charge in [-0.2, -0.15) is 0 Å². The number of ketones is 1. The van der Waals surface area contributed by atoms with Gasteiger partial charge < -0.3 is 30.5 Å². The molecule has 0 aromatic heterocycles. The second kappa shape index (κ2) is 17.6. The number of fused-ring (bicyclic) bond motifs is 3. The van der Waals surface area contributed by atoms with E-state index in [0.29, 0.717) is 13.1 Å². The fourth-order valence-corrected chi connectivity index (χ4v) is 3.61. The van der Waals surface area contributed by atoms with Crippen molar-refractivity contribution in [3.63, 3.8) is 0 Å². The Kier molecular flexibility index (Phi) is 15.0. The number of alkyl carbamates (subject to hydrolysis) is 2. The van der Waals surface area contributed by atoms with Gasteiger partial charge >= 0.3 is 18.2 Å². The number of hydrogen-bond acceptors (Lipinski definition) is 7. The quantitative estimate of drug-likeness (QED) is 0.325. The van der Waals surface area contributed by atoms with Crippen LogP contribution < -0.4 is 16.0 Å². The molecule has 40 heavy (non-hydrogen) atoms. The molecule has 0 atom stereocenters. The molecule has 0 unspecified atom stereocenters. The van der Waals surface area contributed by atoms with E-state index in [0.717, 1.165) is 0 Å². The van der Waals surface area contributed by atoms with Crippen molar-refractivity contribution in [1.29, 1.82) is 0 Å². The summed E-state index contributed by atoms with van der Waals surface area (Å²) >= 11 is 0. The Morgan fingerprint density at radius 3 is 1.82 bits per heavy atom. The standard InChI is InChI=1S/C18H17NO3.C9H18N2O4.C3H8/c1-12(20)10-19-18(21)22-11-17-15-8-4-2-6-13(15)14-7-3-5-9-16(14)17;1-9(2,3)15-8(14)11-5-4-10-6-7(12)13;1-3-2/h2-9,17H,10-11H2,1H3,(H,19,21);10H,4-6H2,1-3H3,(H,11,14)(H,12,13);3H2,1-2H3. The van der Waals surface area contributed by atoms with E-state index in [1.54, 1.807) is 20.8 Å². The Labute approximate surface area is 236 Å². The van der Waals surface area contributed by atoms with E-state index in [1.165, 1.54) is 35.6 Å². The molecule has 0 radical (unpaired) electrons. The molecule has 10 nitrogen and oxygen atoms in total. The molecule has 2 amide bonds. The third kappa shape index (κ3) is 13.2. The van der Waals surface area contributed by atoms with Gasteiger partial charge in [0, 0.05) is 19.0 Å². The molecule has 0 aliphatic heterocycles. The van der Waals surface area contributed by atoms with E-state index in [9.17, 15) is 19.2 Å². The molecule has 0 fully saturated rings. The molecule has 10 heteroatoms. The highest BCUT2D eigenvalue weighted by molar-refractivity contribution is 5.82. The Morgan fingerprint density at radius 2 is 1.35 bits per heavy atom. The van der Waals surface area contributed by atoms with Crippen LogP contribution in [0.3, 0.4) is 0 Å². The minimum atomic E-state index is -0.924. The molecule has 1 aliphatic carbocycles. The zero-order chi connectivity index (χ0) is 30.1. The number of aliphatic carboxylic acids is 1. The summed E-state index contributed by atoms with van der Waals surface area (Å²) in [6.07, 6.45) is 0.191. The number of Topliss-reactive ketones (excluding diaryl/α,β-unsaturated/α-hetero) is 1. The molecule has 3 rings (SSSR count). The first kappa shape index (κ1) is 34.1. The molecule has 4 N–H and O–H groups in total. The number of ether oxygens (including phenoxy) is 2. The number of carbonyl (C=O) groups is 4. The Bertz CT molecular complexity index is 1070. The van der Waals surface area contributed by atoms with Crippen molar-refractivity contribution < 1.29 is 33.8 Å². The maximum absolute atomic E-state index is 11.6. The molecule has 2 aromatic carbocycles. The van der Waals surface area contributed by atoms with Crippen LogP contribution in [0.5, 0.6) is 0 Å². The van der Waals surface area contributed by atoms with Gasteiger partial charge in [-0.3, -0.25) is 9.59 Å². The first-order valence-corrected chi connectivity index (χ1v) is 13.4. The lowest BCUT2D eigenvalue weighted by Gasteiger charge is -2.19. The summed E-state index contributed by atoms with van der Waals surface area (Å²) in [5.41, 5.74) is 4.20. The van der Waals surface area contributed by atoms with Gasteiger partial charge in [0.2, 0.25) is 0 Å². The van der Waals surface area contributed by atoms with Gasteiger partial charge in [-0.05, 0) is 49.9 Å². The summed E-state index contributed by atoms with van der Waals surface area (Å²) in [7, 11) is 0. The first-order chi connectivity index (χ1) is 18.9. The van der Waals surface area contributed by atoms with Gasteiger partial charge in [-0.25, -0.2) is 9.59 Å². The van der Waals surface area contributed by atoms with Crippen molar-refractivity contribution in [3.05, 3.63) is 59.7 Å². The predicted molar refractivity (Wildman–Crippen MR) is 154 cm³/mol. The van der Waals surface area contributed by atoms with Crippen molar-refractivity contribution in [2.45, 2.75) is 59.5 Å². The monoisotopic (exact) mass is 557 g/mol. The number of amides is 2. The van der Waals surface area contributed by atoms with Crippen molar-refractivity contribution in [3.8, 4) is 11.1 Å². The van der Waals surface area contributed by atoms with Crippen LogP contribution in [0.4, 0.5) is 9.59 Å². The first-order valence-electron chi connectivity index (χ1n) is 13.4. The van der Waals surface area contributed by atoms with Crippen LogP contribution in [0, 0.1) is 0 Å². The minimum absolute atomic E-state index is 0.00330. The van der Waals surface area contributed by atoms with Crippen LogP contribution >= 0.6 is 0 Å². The molecule has 1 aliphatic rings. The van der Waals surface area contributed by atoms with Crippen molar-refractivity contribution in [1.82, 2.24) is 16.0 Å². The van der Waals surface area contributed by atoms with Gasteiger partial charge in [0.25, 0.3) is 0 Å². The van der Waals surface area contributed by atoms with E-state index in [2.05, 4.69) is 54.1 Å². The topological polar surface area (TPSA) is 143 Å². The Morgan fingerprint density at radius 1 is 0.825 bits per heavy atom. The lowest BCUT2D eigenvalue weighted by atomic mass is 9.98. The minimum Gasteiger partial charge on any atom is -0.480 e. The molecule has 2 aromatic rings.